The van der Waals surface area contributed by atoms with Gasteiger partial charge in [-0.05, 0) is 31.6 Å². The maximum absolute atomic E-state index is 3.52. The maximum atomic E-state index is 3.52. The first-order chi connectivity index (χ1) is 7.24. The molecule has 0 aromatic carbocycles. The normalized spacial score (nSPS) is 36.8. The van der Waals surface area contributed by atoms with Crippen molar-refractivity contribution in [3.63, 3.8) is 0 Å². The second kappa shape index (κ2) is 6.83. The summed E-state index contributed by atoms with van der Waals surface area (Å²) >= 11 is 0. The minimum Gasteiger partial charge on any atom is -0.312 e. The third-order valence-corrected chi connectivity index (χ3v) is 4.01. The molecule has 0 amide bonds. The Morgan fingerprint density at radius 1 is 1.25 bits per heavy atom. The lowest BCUT2D eigenvalue weighted by Crippen LogP contribution is -2.50. The van der Waals surface area contributed by atoms with Crippen molar-refractivity contribution in [3.05, 3.63) is 0 Å². The second-order valence-corrected chi connectivity index (χ2v) is 5.75. The summed E-state index contributed by atoms with van der Waals surface area (Å²) in [5.41, 5.74) is 0. The van der Waals surface area contributed by atoms with Crippen LogP contribution in [-0.2, 0) is 0 Å². The molecule has 1 heterocycles. The third kappa shape index (κ3) is 4.23. The second-order valence-electron chi connectivity index (χ2n) is 5.75. The molecule has 0 aromatic heterocycles. The van der Waals surface area contributed by atoms with Crippen LogP contribution in [0.2, 0.25) is 0 Å². The van der Waals surface area contributed by atoms with Crippen LogP contribution in [0, 0.1) is 11.8 Å². The van der Waals surface area contributed by atoms with Gasteiger partial charge in [0.05, 0.1) is 0 Å². The summed E-state index contributed by atoms with van der Waals surface area (Å²) < 4.78 is 0. The lowest BCUT2D eigenvalue weighted by atomic mass is 9.82. The Kier molecular flexibility index (Phi) is 6.09. The van der Waals surface area contributed by atoms with E-state index in [-0.39, 0.29) is 12.4 Å². The molecule has 1 saturated heterocycles. The van der Waals surface area contributed by atoms with Gasteiger partial charge in [0.15, 0.2) is 0 Å². The van der Waals surface area contributed by atoms with E-state index < -0.39 is 0 Å². The standard InChI is InChI=1S/C13H26N2.ClH/c1-11-4-3-5-13(8-11)10-15-7-6-14-12(2)9-15;/h11-14H,3-10H2,1-2H3;1H/t11?,12-,13?;/m0./s1. The van der Waals surface area contributed by atoms with Crippen molar-refractivity contribution in [2.24, 2.45) is 11.8 Å². The van der Waals surface area contributed by atoms with Crippen LogP contribution < -0.4 is 5.32 Å². The van der Waals surface area contributed by atoms with Gasteiger partial charge in [-0.3, -0.25) is 0 Å². The van der Waals surface area contributed by atoms with Crippen LogP contribution in [-0.4, -0.2) is 37.1 Å². The minimum atomic E-state index is 0. The van der Waals surface area contributed by atoms with Crippen LogP contribution in [0.1, 0.15) is 39.5 Å². The first-order valence-corrected chi connectivity index (χ1v) is 6.70. The topological polar surface area (TPSA) is 15.3 Å². The van der Waals surface area contributed by atoms with Gasteiger partial charge in [0, 0.05) is 32.2 Å². The molecule has 96 valence electrons. The summed E-state index contributed by atoms with van der Waals surface area (Å²) in [6, 6.07) is 0.694. The first kappa shape index (κ1) is 14.3. The van der Waals surface area contributed by atoms with Gasteiger partial charge in [-0.15, -0.1) is 12.4 Å². The van der Waals surface area contributed by atoms with Crippen molar-refractivity contribution in [2.45, 2.75) is 45.6 Å². The van der Waals surface area contributed by atoms with E-state index in [2.05, 4.69) is 24.1 Å². The third-order valence-electron chi connectivity index (χ3n) is 4.01. The number of nitrogens with zero attached hydrogens (tertiary/aromatic N) is 1. The molecular weight excluding hydrogens is 220 g/mol. The Morgan fingerprint density at radius 3 is 2.75 bits per heavy atom. The Bertz CT molecular complexity index is 178. The molecule has 2 rings (SSSR count). The molecule has 3 atom stereocenters. The summed E-state index contributed by atoms with van der Waals surface area (Å²) in [7, 11) is 0. The van der Waals surface area contributed by atoms with Gasteiger partial charge in [0.1, 0.15) is 0 Å². The van der Waals surface area contributed by atoms with E-state index in [1.807, 2.05) is 0 Å². The molecular formula is C13H27ClN2. The fraction of sp³-hybridized carbons (Fsp3) is 1.00. The molecule has 0 aromatic rings. The van der Waals surface area contributed by atoms with Gasteiger partial charge < -0.3 is 10.2 Å². The van der Waals surface area contributed by atoms with E-state index in [0.29, 0.717) is 6.04 Å². The monoisotopic (exact) mass is 246 g/mol. The van der Waals surface area contributed by atoms with Crippen molar-refractivity contribution in [1.29, 1.82) is 0 Å². The Balaban J connectivity index is 0.00000128. The highest BCUT2D eigenvalue weighted by Gasteiger charge is 2.23. The van der Waals surface area contributed by atoms with Crippen LogP contribution in [0.25, 0.3) is 0 Å². The summed E-state index contributed by atoms with van der Waals surface area (Å²) in [5, 5.41) is 3.52. The molecule has 2 nitrogen and oxygen atoms in total. The van der Waals surface area contributed by atoms with Crippen LogP contribution in [0.5, 0.6) is 0 Å². The van der Waals surface area contributed by atoms with Gasteiger partial charge >= 0.3 is 0 Å². The van der Waals surface area contributed by atoms with Crippen molar-refractivity contribution in [1.82, 2.24) is 10.2 Å². The number of rotatable bonds is 2. The predicted molar refractivity (Wildman–Crippen MR) is 72.3 cm³/mol. The highest BCUT2D eigenvalue weighted by Crippen LogP contribution is 2.29. The van der Waals surface area contributed by atoms with Crippen LogP contribution in [0.15, 0.2) is 0 Å². The van der Waals surface area contributed by atoms with Crippen LogP contribution in [0.4, 0.5) is 0 Å². The Hall–Kier alpha value is 0.210. The van der Waals surface area contributed by atoms with Crippen LogP contribution >= 0.6 is 12.4 Å². The SMILES string of the molecule is CC1CCCC(CN2CCN[C@@H](C)C2)C1.Cl. The van der Waals surface area contributed by atoms with Gasteiger partial charge in [-0.2, -0.15) is 0 Å². The fourth-order valence-corrected chi connectivity index (χ4v) is 3.27. The van der Waals surface area contributed by atoms with Crippen LogP contribution in [0.3, 0.4) is 0 Å². The zero-order chi connectivity index (χ0) is 10.7. The van der Waals surface area contributed by atoms with Gasteiger partial charge in [-0.25, -0.2) is 0 Å². The highest BCUT2D eigenvalue weighted by atomic mass is 35.5. The summed E-state index contributed by atoms with van der Waals surface area (Å²) in [5.74, 6) is 1.96. The van der Waals surface area contributed by atoms with E-state index in [0.717, 1.165) is 11.8 Å². The summed E-state index contributed by atoms with van der Waals surface area (Å²) in [6.45, 7) is 9.78. The zero-order valence-electron chi connectivity index (χ0n) is 10.7. The number of hydrogen-bond donors (Lipinski definition) is 1. The molecule has 2 fully saturated rings. The predicted octanol–water partition coefficient (Wildman–Crippen LogP) is 2.53. The Morgan fingerprint density at radius 2 is 2.06 bits per heavy atom. The van der Waals surface area contributed by atoms with E-state index in [1.54, 1.807) is 0 Å². The summed E-state index contributed by atoms with van der Waals surface area (Å²) in [4.78, 5) is 2.67. The number of nitrogens with one attached hydrogen (secondary N) is 1. The molecule has 1 N–H and O–H groups in total. The number of piperazine rings is 1. The molecule has 1 saturated carbocycles. The molecule has 1 aliphatic carbocycles. The smallest absolute Gasteiger partial charge is 0.0167 e. The lowest BCUT2D eigenvalue weighted by molar-refractivity contribution is 0.148. The molecule has 0 bridgehead atoms. The van der Waals surface area contributed by atoms with Gasteiger partial charge in [0.25, 0.3) is 0 Å². The van der Waals surface area contributed by atoms with Crippen molar-refractivity contribution in [3.8, 4) is 0 Å². The average molecular weight is 247 g/mol. The molecule has 0 spiro atoms. The zero-order valence-corrected chi connectivity index (χ0v) is 11.6. The fourth-order valence-electron chi connectivity index (χ4n) is 3.27. The van der Waals surface area contributed by atoms with Gasteiger partial charge in [0.2, 0.25) is 0 Å². The van der Waals surface area contributed by atoms with E-state index in [1.165, 1.54) is 51.9 Å². The number of halogens is 1. The van der Waals surface area contributed by atoms with Crippen molar-refractivity contribution in [2.75, 3.05) is 26.2 Å². The molecule has 2 unspecified atom stereocenters. The first-order valence-electron chi connectivity index (χ1n) is 6.70. The highest BCUT2D eigenvalue weighted by molar-refractivity contribution is 5.85. The Labute approximate surface area is 107 Å². The van der Waals surface area contributed by atoms with E-state index >= 15 is 0 Å². The summed E-state index contributed by atoms with van der Waals surface area (Å²) in [6.07, 6.45) is 5.88. The number of hydrogen-bond acceptors (Lipinski definition) is 2. The van der Waals surface area contributed by atoms with E-state index in [4.69, 9.17) is 0 Å². The molecule has 0 radical (unpaired) electrons. The molecule has 3 heteroatoms. The van der Waals surface area contributed by atoms with Gasteiger partial charge in [-0.1, -0.05) is 19.8 Å². The quantitative estimate of drug-likeness (QED) is 0.806. The largest absolute Gasteiger partial charge is 0.312 e. The van der Waals surface area contributed by atoms with Crippen molar-refractivity contribution < 1.29 is 0 Å². The van der Waals surface area contributed by atoms with Crippen molar-refractivity contribution >= 4 is 12.4 Å². The molecule has 16 heavy (non-hydrogen) atoms. The molecule has 1 aliphatic heterocycles. The maximum Gasteiger partial charge on any atom is 0.0167 e. The minimum absolute atomic E-state index is 0. The molecule has 2 aliphatic rings. The van der Waals surface area contributed by atoms with E-state index in [9.17, 15) is 0 Å². The lowest BCUT2D eigenvalue weighted by Gasteiger charge is -2.36. The average Bonchev–Trinajstić information content (AvgIpc) is 2.17.